The van der Waals surface area contributed by atoms with Crippen molar-refractivity contribution in [2.45, 2.75) is 19.4 Å². The van der Waals surface area contributed by atoms with Crippen LogP contribution in [0.5, 0.6) is 5.75 Å². The third-order valence-electron chi connectivity index (χ3n) is 3.90. The van der Waals surface area contributed by atoms with Crippen LogP contribution in [0.15, 0.2) is 22.7 Å². The lowest BCUT2D eigenvalue weighted by Gasteiger charge is -2.21. The topological polar surface area (TPSA) is 66.2 Å². The Balaban J connectivity index is 1.91. The van der Waals surface area contributed by atoms with Crippen molar-refractivity contribution in [3.63, 3.8) is 0 Å². The summed E-state index contributed by atoms with van der Waals surface area (Å²) in [4.78, 5) is 11.7. The van der Waals surface area contributed by atoms with Crippen molar-refractivity contribution < 1.29 is 14.3 Å². The number of aromatic nitrogens is 3. The van der Waals surface area contributed by atoms with Gasteiger partial charge in [-0.15, -0.1) is 10.2 Å². The fourth-order valence-corrected chi connectivity index (χ4v) is 3.26. The van der Waals surface area contributed by atoms with Gasteiger partial charge in [0.1, 0.15) is 11.6 Å². The van der Waals surface area contributed by atoms with Gasteiger partial charge in [-0.25, -0.2) is 0 Å². The molecular formula is C15H16BrN3O3. The summed E-state index contributed by atoms with van der Waals surface area (Å²) < 4.78 is 13.0. The lowest BCUT2D eigenvalue weighted by molar-refractivity contribution is -0.146. The molecule has 0 bridgehead atoms. The van der Waals surface area contributed by atoms with E-state index in [2.05, 4.69) is 30.7 Å². The van der Waals surface area contributed by atoms with Gasteiger partial charge in [-0.2, -0.15) is 0 Å². The summed E-state index contributed by atoms with van der Waals surface area (Å²) in [7, 11) is 3.05. The van der Waals surface area contributed by atoms with Gasteiger partial charge in [0.25, 0.3) is 0 Å². The molecule has 1 aromatic carbocycles. The largest absolute Gasteiger partial charge is 0.496 e. The Bertz CT molecular complexity index is 714. The van der Waals surface area contributed by atoms with Gasteiger partial charge in [0.05, 0.1) is 24.6 Å². The second-order valence-electron chi connectivity index (χ2n) is 5.15. The predicted octanol–water partition coefficient (Wildman–Crippen LogP) is 2.45. The molecule has 0 saturated carbocycles. The summed E-state index contributed by atoms with van der Waals surface area (Å²) in [5, 5.41) is 8.51. The number of rotatable bonds is 3. The van der Waals surface area contributed by atoms with E-state index >= 15 is 0 Å². The first-order chi connectivity index (χ1) is 10.6. The minimum absolute atomic E-state index is 0.128. The van der Waals surface area contributed by atoms with E-state index in [1.165, 1.54) is 7.11 Å². The monoisotopic (exact) mass is 365 g/mol. The highest BCUT2D eigenvalue weighted by Gasteiger charge is 2.28. The van der Waals surface area contributed by atoms with Crippen LogP contribution in [-0.2, 0) is 22.5 Å². The van der Waals surface area contributed by atoms with Gasteiger partial charge in [0, 0.05) is 18.5 Å². The highest BCUT2D eigenvalue weighted by Crippen LogP contribution is 2.31. The van der Waals surface area contributed by atoms with E-state index in [1.54, 1.807) is 7.11 Å². The summed E-state index contributed by atoms with van der Waals surface area (Å²) in [5.74, 6) is 2.10. The van der Waals surface area contributed by atoms with Crippen LogP contribution < -0.4 is 4.74 Å². The molecule has 1 aliphatic heterocycles. The van der Waals surface area contributed by atoms with Gasteiger partial charge >= 0.3 is 5.97 Å². The van der Waals surface area contributed by atoms with Gasteiger partial charge in [-0.05, 0) is 40.5 Å². The van der Waals surface area contributed by atoms with Crippen molar-refractivity contribution >= 4 is 21.9 Å². The number of benzene rings is 1. The molecule has 116 valence electrons. The number of nitrogens with zero attached hydrogens (tertiary/aromatic N) is 3. The Morgan fingerprint density at radius 1 is 1.36 bits per heavy atom. The molecule has 0 aliphatic carbocycles. The molecule has 7 heteroatoms. The molecule has 6 nitrogen and oxygen atoms in total. The summed E-state index contributed by atoms with van der Waals surface area (Å²) in [6, 6.07) is 5.80. The van der Waals surface area contributed by atoms with Crippen molar-refractivity contribution in [3.05, 3.63) is 28.5 Å². The molecule has 1 unspecified atom stereocenters. The van der Waals surface area contributed by atoms with E-state index in [1.807, 2.05) is 18.2 Å². The van der Waals surface area contributed by atoms with E-state index in [0.717, 1.165) is 33.9 Å². The third-order valence-corrected chi connectivity index (χ3v) is 4.52. The lowest BCUT2D eigenvalue weighted by Crippen LogP contribution is -2.27. The SMILES string of the molecule is COC(=O)C1CCn2c(nnc2-c2ccc(OC)c(Br)c2)C1. The Morgan fingerprint density at radius 3 is 2.86 bits per heavy atom. The summed E-state index contributed by atoms with van der Waals surface area (Å²) in [5.41, 5.74) is 0.961. The second-order valence-corrected chi connectivity index (χ2v) is 6.01. The minimum atomic E-state index is -0.178. The third kappa shape index (κ3) is 2.61. The van der Waals surface area contributed by atoms with Crippen LogP contribution in [-0.4, -0.2) is 35.0 Å². The molecule has 3 rings (SSSR count). The first-order valence-electron chi connectivity index (χ1n) is 6.98. The zero-order chi connectivity index (χ0) is 15.7. The average Bonchev–Trinajstić information content (AvgIpc) is 2.97. The van der Waals surface area contributed by atoms with Crippen LogP contribution in [0.4, 0.5) is 0 Å². The molecule has 2 heterocycles. The normalized spacial score (nSPS) is 17.0. The number of carbonyl (C=O) groups is 1. The Kier molecular flexibility index (Phi) is 4.15. The van der Waals surface area contributed by atoms with Gasteiger partial charge in [0.15, 0.2) is 5.82 Å². The molecular weight excluding hydrogens is 350 g/mol. The number of esters is 1. The highest BCUT2D eigenvalue weighted by molar-refractivity contribution is 9.10. The van der Waals surface area contributed by atoms with Crippen LogP contribution in [0.3, 0.4) is 0 Å². The van der Waals surface area contributed by atoms with Crippen molar-refractivity contribution in [1.82, 2.24) is 14.8 Å². The van der Waals surface area contributed by atoms with E-state index in [0.29, 0.717) is 13.0 Å². The number of fused-ring (bicyclic) bond motifs is 1. The van der Waals surface area contributed by atoms with Crippen molar-refractivity contribution in [2.24, 2.45) is 5.92 Å². The molecule has 0 fully saturated rings. The second kappa shape index (κ2) is 6.08. The van der Waals surface area contributed by atoms with Crippen LogP contribution in [0, 0.1) is 5.92 Å². The number of methoxy groups -OCH3 is 2. The predicted molar refractivity (Wildman–Crippen MR) is 83.5 cm³/mol. The number of hydrogen-bond acceptors (Lipinski definition) is 5. The molecule has 2 aromatic rings. The zero-order valence-corrected chi connectivity index (χ0v) is 14.0. The Labute approximate surface area is 136 Å². The molecule has 22 heavy (non-hydrogen) atoms. The maximum absolute atomic E-state index is 11.7. The molecule has 1 atom stereocenters. The van der Waals surface area contributed by atoms with E-state index in [9.17, 15) is 4.79 Å². The van der Waals surface area contributed by atoms with E-state index < -0.39 is 0 Å². The first kappa shape index (κ1) is 15.0. The number of hydrogen-bond donors (Lipinski definition) is 0. The molecule has 0 saturated heterocycles. The summed E-state index contributed by atoms with van der Waals surface area (Å²) in [6.45, 7) is 0.709. The van der Waals surface area contributed by atoms with Gasteiger partial charge < -0.3 is 14.0 Å². The molecule has 0 amide bonds. The van der Waals surface area contributed by atoms with E-state index in [-0.39, 0.29) is 11.9 Å². The van der Waals surface area contributed by atoms with Crippen molar-refractivity contribution in [1.29, 1.82) is 0 Å². The fraction of sp³-hybridized carbons (Fsp3) is 0.400. The van der Waals surface area contributed by atoms with Crippen LogP contribution >= 0.6 is 15.9 Å². The van der Waals surface area contributed by atoms with Gasteiger partial charge in [-0.1, -0.05) is 0 Å². The van der Waals surface area contributed by atoms with Gasteiger partial charge in [-0.3, -0.25) is 4.79 Å². The Hall–Kier alpha value is -1.89. The van der Waals surface area contributed by atoms with Crippen LogP contribution in [0.1, 0.15) is 12.2 Å². The van der Waals surface area contributed by atoms with E-state index in [4.69, 9.17) is 9.47 Å². The zero-order valence-electron chi connectivity index (χ0n) is 12.4. The number of carbonyl (C=O) groups excluding carboxylic acids is 1. The van der Waals surface area contributed by atoms with Crippen molar-refractivity contribution in [2.75, 3.05) is 14.2 Å². The molecule has 1 aromatic heterocycles. The fourth-order valence-electron chi connectivity index (χ4n) is 2.72. The molecule has 1 aliphatic rings. The number of ether oxygens (including phenoxy) is 2. The molecule has 0 N–H and O–H groups in total. The molecule has 0 radical (unpaired) electrons. The van der Waals surface area contributed by atoms with Crippen LogP contribution in [0.2, 0.25) is 0 Å². The highest BCUT2D eigenvalue weighted by atomic mass is 79.9. The first-order valence-corrected chi connectivity index (χ1v) is 7.77. The van der Waals surface area contributed by atoms with Crippen molar-refractivity contribution in [3.8, 4) is 17.1 Å². The maximum Gasteiger partial charge on any atom is 0.309 e. The number of halogens is 1. The maximum atomic E-state index is 11.7. The quantitative estimate of drug-likeness (QED) is 0.781. The standard InChI is InChI=1S/C15H16BrN3O3/c1-21-12-4-3-9(7-11(12)16)14-18-17-13-8-10(15(20)22-2)5-6-19(13)14/h3-4,7,10H,5-6,8H2,1-2H3. The molecule has 0 spiro atoms. The lowest BCUT2D eigenvalue weighted by atomic mass is 9.98. The smallest absolute Gasteiger partial charge is 0.309 e. The van der Waals surface area contributed by atoms with Crippen LogP contribution in [0.25, 0.3) is 11.4 Å². The summed E-state index contributed by atoms with van der Waals surface area (Å²) >= 11 is 3.48. The summed E-state index contributed by atoms with van der Waals surface area (Å²) in [6.07, 6.45) is 1.30. The minimum Gasteiger partial charge on any atom is -0.496 e. The van der Waals surface area contributed by atoms with Gasteiger partial charge in [0.2, 0.25) is 0 Å². The Morgan fingerprint density at radius 2 is 2.18 bits per heavy atom. The average molecular weight is 366 g/mol.